The summed E-state index contributed by atoms with van der Waals surface area (Å²) < 4.78 is 44.2. The molecule has 1 aliphatic rings. The van der Waals surface area contributed by atoms with Gasteiger partial charge in [0.05, 0.1) is 18.5 Å². The summed E-state index contributed by atoms with van der Waals surface area (Å²) in [5.74, 6) is 0.543. The van der Waals surface area contributed by atoms with Crippen molar-refractivity contribution < 1.29 is 17.9 Å². The van der Waals surface area contributed by atoms with Crippen LogP contribution in [0.5, 0.6) is 5.75 Å². The van der Waals surface area contributed by atoms with Gasteiger partial charge in [0.2, 0.25) is 0 Å². The summed E-state index contributed by atoms with van der Waals surface area (Å²) in [6.07, 6.45) is -2.77. The zero-order valence-corrected chi connectivity index (χ0v) is 10.7. The van der Waals surface area contributed by atoms with Gasteiger partial charge in [0.25, 0.3) is 0 Å². The molecule has 1 aromatic rings. The SMILES string of the molecule is COc1ccc(N2CCCCC2C(F)(F)F)c(N)c1. The fourth-order valence-electron chi connectivity index (χ4n) is 2.48. The summed E-state index contributed by atoms with van der Waals surface area (Å²) in [6, 6.07) is 3.33. The molecule has 1 heterocycles. The van der Waals surface area contributed by atoms with E-state index in [1.807, 2.05) is 0 Å². The highest BCUT2D eigenvalue weighted by Crippen LogP contribution is 2.38. The molecule has 6 heteroatoms. The maximum absolute atomic E-state index is 13.0. The summed E-state index contributed by atoms with van der Waals surface area (Å²) in [4.78, 5) is 1.36. The third kappa shape index (κ3) is 2.88. The highest BCUT2D eigenvalue weighted by atomic mass is 19.4. The Morgan fingerprint density at radius 1 is 1.32 bits per heavy atom. The van der Waals surface area contributed by atoms with Crippen molar-refractivity contribution in [2.45, 2.75) is 31.5 Å². The molecule has 2 rings (SSSR count). The minimum Gasteiger partial charge on any atom is -0.497 e. The van der Waals surface area contributed by atoms with E-state index < -0.39 is 12.2 Å². The molecule has 0 bridgehead atoms. The fourth-order valence-corrected chi connectivity index (χ4v) is 2.48. The Morgan fingerprint density at radius 2 is 2.05 bits per heavy atom. The maximum Gasteiger partial charge on any atom is 0.408 e. The van der Waals surface area contributed by atoms with Crippen molar-refractivity contribution in [3.63, 3.8) is 0 Å². The van der Waals surface area contributed by atoms with Crippen molar-refractivity contribution in [3.8, 4) is 5.75 Å². The monoisotopic (exact) mass is 274 g/mol. The van der Waals surface area contributed by atoms with Crippen LogP contribution in [0.4, 0.5) is 24.5 Å². The average molecular weight is 274 g/mol. The van der Waals surface area contributed by atoms with E-state index in [2.05, 4.69) is 0 Å². The summed E-state index contributed by atoms with van der Waals surface area (Å²) in [5, 5.41) is 0. The number of nitrogen functional groups attached to an aromatic ring is 1. The van der Waals surface area contributed by atoms with Crippen LogP contribution in [-0.4, -0.2) is 25.9 Å². The van der Waals surface area contributed by atoms with Crippen molar-refractivity contribution in [1.82, 2.24) is 0 Å². The lowest BCUT2D eigenvalue weighted by atomic mass is 10.0. The molecular formula is C13H17F3N2O. The predicted molar refractivity (Wildman–Crippen MR) is 68.4 cm³/mol. The minimum absolute atomic E-state index is 0.120. The average Bonchev–Trinajstić information content (AvgIpc) is 2.37. The number of ether oxygens (including phenoxy) is 1. The molecule has 0 aromatic heterocycles. The highest BCUT2D eigenvalue weighted by molar-refractivity contribution is 5.70. The Bertz CT molecular complexity index is 448. The van der Waals surface area contributed by atoms with Gasteiger partial charge >= 0.3 is 6.18 Å². The van der Waals surface area contributed by atoms with Crippen molar-refractivity contribution in [2.75, 3.05) is 24.3 Å². The summed E-state index contributed by atoms with van der Waals surface area (Å²) in [5.41, 5.74) is 6.59. The third-order valence-electron chi connectivity index (χ3n) is 3.42. The molecule has 1 unspecified atom stereocenters. The van der Waals surface area contributed by atoms with Gasteiger partial charge in [-0.05, 0) is 31.4 Å². The van der Waals surface area contributed by atoms with E-state index in [-0.39, 0.29) is 6.42 Å². The first-order valence-electron chi connectivity index (χ1n) is 6.20. The largest absolute Gasteiger partial charge is 0.497 e. The van der Waals surface area contributed by atoms with Crippen LogP contribution in [0, 0.1) is 0 Å². The number of anilines is 2. The Labute approximate surface area is 110 Å². The van der Waals surface area contributed by atoms with Crippen LogP contribution < -0.4 is 15.4 Å². The number of alkyl halides is 3. The lowest BCUT2D eigenvalue weighted by Gasteiger charge is -2.39. The number of hydrogen-bond donors (Lipinski definition) is 1. The lowest BCUT2D eigenvalue weighted by molar-refractivity contribution is -0.152. The van der Waals surface area contributed by atoms with Gasteiger partial charge in [0, 0.05) is 12.6 Å². The van der Waals surface area contributed by atoms with E-state index in [4.69, 9.17) is 10.5 Å². The third-order valence-corrected chi connectivity index (χ3v) is 3.42. The van der Waals surface area contributed by atoms with Gasteiger partial charge in [0.1, 0.15) is 11.8 Å². The van der Waals surface area contributed by atoms with Gasteiger partial charge in [-0.2, -0.15) is 13.2 Å². The Kier molecular flexibility index (Phi) is 3.78. The maximum atomic E-state index is 13.0. The van der Waals surface area contributed by atoms with Crippen LogP contribution in [0.3, 0.4) is 0 Å². The molecule has 0 radical (unpaired) electrons. The molecular weight excluding hydrogens is 257 g/mol. The number of benzene rings is 1. The molecule has 1 fully saturated rings. The van der Waals surface area contributed by atoms with Crippen LogP contribution in [-0.2, 0) is 0 Å². The number of nitrogens with two attached hydrogens (primary N) is 1. The summed E-state index contributed by atoms with van der Waals surface area (Å²) in [7, 11) is 1.49. The number of methoxy groups -OCH3 is 1. The molecule has 0 spiro atoms. The highest BCUT2D eigenvalue weighted by Gasteiger charge is 2.44. The Morgan fingerprint density at radius 3 is 2.63 bits per heavy atom. The lowest BCUT2D eigenvalue weighted by Crippen LogP contribution is -2.49. The first kappa shape index (κ1) is 13.8. The van der Waals surface area contributed by atoms with Gasteiger partial charge in [0.15, 0.2) is 0 Å². The molecule has 0 aliphatic carbocycles. The molecule has 1 aromatic carbocycles. The summed E-state index contributed by atoms with van der Waals surface area (Å²) in [6.45, 7) is 0.376. The van der Waals surface area contributed by atoms with E-state index in [9.17, 15) is 13.2 Å². The smallest absolute Gasteiger partial charge is 0.408 e. The first-order valence-corrected chi connectivity index (χ1v) is 6.20. The van der Waals surface area contributed by atoms with Crippen molar-refractivity contribution in [3.05, 3.63) is 18.2 Å². The number of halogens is 3. The van der Waals surface area contributed by atoms with Crippen LogP contribution in [0.1, 0.15) is 19.3 Å². The second-order valence-corrected chi connectivity index (χ2v) is 4.67. The second kappa shape index (κ2) is 5.19. The number of hydrogen-bond acceptors (Lipinski definition) is 3. The van der Waals surface area contributed by atoms with E-state index in [1.54, 1.807) is 18.2 Å². The molecule has 1 aliphatic heterocycles. The van der Waals surface area contributed by atoms with E-state index in [1.165, 1.54) is 12.0 Å². The van der Waals surface area contributed by atoms with Crippen molar-refractivity contribution >= 4 is 11.4 Å². The number of nitrogens with zero attached hydrogens (tertiary/aromatic N) is 1. The van der Waals surface area contributed by atoms with E-state index in [0.29, 0.717) is 30.1 Å². The molecule has 3 nitrogen and oxygen atoms in total. The molecule has 19 heavy (non-hydrogen) atoms. The predicted octanol–water partition coefficient (Wildman–Crippen LogP) is 3.20. The van der Waals surface area contributed by atoms with Gasteiger partial charge in [-0.3, -0.25) is 0 Å². The molecule has 2 N–H and O–H groups in total. The van der Waals surface area contributed by atoms with Crippen LogP contribution in [0.15, 0.2) is 18.2 Å². The van der Waals surface area contributed by atoms with Gasteiger partial charge in [-0.25, -0.2) is 0 Å². The van der Waals surface area contributed by atoms with E-state index in [0.717, 1.165) is 6.42 Å². The van der Waals surface area contributed by atoms with Crippen LogP contribution in [0.25, 0.3) is 0 Å². The Hall–Kier alpha value is -1.59. The summed E-state index contributed by atoms with van der Waals surface area (Å²) >= 11 is 0. The second-order valence-electron chi connectivity index (χ2n) is 4.67. The van der Waals surface area contributed by atoms with Crippen molar-refractivity contribution in [1.29, 1.82) is 0 Å². The standard InChI is InChI=1S/C13H17F3N2O/c1-19-9-5-6-11(10(17)8-9)18-7-3-2-4-12(18)13(14,15)16/h5-6,8,12H,2-4,7,17H2,1H3. The van der Waals surface area contributed by atoms with Crippen LogP contribution in [0.2, 0.25) is 0 Å². The molecule has 0 saturated carbocycles. The topological polar surface area (TPSA) is 38.5 Å². The molecule has 106 valence electrons. The van der Waals surface area contributed by atoms with Crippen LogP contribution >= 0.6 is 0 Å². The zero-order chi connectivity index (χ0) is 14.0. The van der Waals surface area contributed by atoms with Gasteiger partial charge in [-0.15, -0.1) is 0 Å². The normalized spacial score (nSPS) is 20.4. The first-order chi connectivity index (χ1) is 8.93. The molecule has 1 atom stereocenters. The molecule has 1 saturated heterocycles. The van der Waals surface area contributed by atoms with Gasteiger partial charge in [-0.1, -0.05) is 0 Å². The zero-order valence-electron chi connectivity index (χ0n) is 10.7. The van der Waals surface area contributed by atoms with Crippen molar-refractivity contribution in [2.24, 2.45) is 0 Å². The number of piperidine rings is 1. The quantitative estimate of drug-likeness (QED) is 0.842. The fraction of sp³-hybridized carbons (Fsp3) is 0.538. The van der Waals surface area contributed by atoms with E-state index >= 15 is 0 Å². The number of rotatable bonds is 2. The van der Waals surface area contributed by atoms with Gasteiger partial charge < -0.3 is 15.4 Å². The minimum atomic E-state index is -4.23. The Balaban J connectivity index is 2.32. The molecule has 0 amide bonds.